The molecular weight excluding hydrogens is 323 g/mol. The molecule has 0 saturated carbocycles. The molecule has 22 heavy (non-hydrogen) atoms. The van der Waals surface area contributed by atoms with E-state index in [9.17, 15) is 18.0 Å². The van der Waals surface area contributed by atoms with Gasteiger partial charge in [-0.05, 0) is 12.1 Å². The summed E-state index contributed by atoms with van der Waals surface area (Å²) in [6.07, 6.45) is -1.90. The highest BCUT2D eigenvalue weighted by atomic mass is 35.5. The molecule has 0 bridgehead atoms. The van der Waals surface area contributed by atoms with Gasteiger partial charge in [0.1, 0.15) is 10.8 Å². The van der Waals surface area contributed by atoms with E-state index in [-0.39, 0.29) is 23.9 Å². The fraction of sp³-hybridized carbons (Fsp3) is 0.250. The van der Waals surface area contributed by atoms with Crippen molar-refractivity contribution < 1.29 is 13.2 Å². The molecular formula is C12H11ClF3N5O. The summed E-state index contributed by atoms with van der Waals surface area (Å²) in [5.74, 6) is -0.257. The second-order valence-electron chi connectivity index (χ2n) is 4.18. The number of anilines is 2. The number of nitrogens with zero attached hydrogens (tertiary/aromatic N) is 2. The molecule has 0 atom stereocenters. The Kier molecular flexibility index (Phi) is 4.86. The number of hydrogen-bond acceptors (Lipinski definition) is 5. The van der Waals surface area contributed by atoms with E-state index in [1.807, 2.05) is 0 Å². The number of pyridine rings is 1. The maximum absolute atomic E-state index is 12.8. The third-order valence-electron chi connectivity index (χ3n) is 2.64. The lowest BCUT2D eigenvalue weighted by molar-refractivity contribution is -0.137. The minimum atomic E-state index is -4.48. The predicted molar refractivity (Wildman–Crippen MR) is 76.1 cm³/mol. The first-order chi connectivity index (χ1) is 10.4. The fourth-order valence-corrected chi connectivity index (χ4v) is 1.82. The molecule has 0 unspecified atom stereocenters. The Labute approximate surface area is 127 Å². The van der Waals surface area contributed by atoms with Crippen molar-refractivity contribution in [3.63, 3.8) is 0 Å². The minimum Gasteiger partial charge on any atom is -0.381 e. The van der Waals surface area contributed by atoms with E-state index in [1.165, 1.54) is 18.5 Å². The number of nitrogens with one attached hydrogen (secondary N) is 3. The van der Waals surface area contributed by atoms with Gasteiger partial charge in [-0.2, -0.15) is 18.3 Å². The van der Waals surface area contributed by atoms with Crippen molar-refractivity contribution >= 4 is 23.1 Å². The van der Waals surface area contributed by atoms with Crippen LogP contribution in [-0.2, 0) is 6.18 Å². The van der Waals surface area contributed by atoms with Gasteiger partial charge < -0.3 is 10.6 Å². The summed E-state index contributed by atoms with van der Waals surface area (Å²) in [6.45, 7) is 0.363. The Morgan fingerprint density at radius 3 is 2.73 bits per heavy atom. The topological polar surface area (TPSA) is 82.7 Å². The van der Waals surface area contributed by atoms with Gasteiger partial charge in [-0.25, -0.2) is 10.1 Å². The highest BCUT2D eigenvalue weighted by Gasteiger charge is 2.33. The first kappa shape index (κ1) is 16.1. The number of aromatic nitrogens is 3. The molecule has 118 valence electrons. The van der Waals surface area contributed by atoms with E-state index in [1.54, 1.807) is 0 Å². The molecule has 0 aliphatic carbocycles. The second kappa shape index (κ2) is 6.65. The average Bonchev–Trinajstić information content (AvgIpc) is 2.47. The van der Waals surface area contributed by atoms with Gasteiger partial charge in [0.15, 0.2) is 0 Å². The van der Waals surface area contributed by atoms with Crippen LogP contribution in [0.2, 0.25) is 5.02 Å². The monoisotopic (exact) mass is 333 g/mol. The highest BCUT2D eigenvalue weighted by Crippen LogP contribution is 2.33. The molecule has 0 aromatic carbocycles. The predicted octanol–water partition coefficient (Wildman–Crippen LogP) is 2.36. The summed E-state index contributed by atoms with van der Waals surface area (Å²) in [6, 6.07) is 2.16. The molecule has 6 nitrogen and oxygen atoms in total. The van der Waals surface area contributed by atoms with Crippen LogP contribution in [0, 0.1) is 0 Å². The minimum absolute atomic E-state index is 0.0659. The highest BCUT2D eigenvalue weighted by molar-refractivity contribution is 6.32. The normalized spacial score (nSPS) is 11.3. The molecule has 0 fully saturated rings. The first-order valence-electron chi connectivity index (χ1n) is 6.12. The maximum Gasteiger partial charge on any atom is 0.419 e. The Hall–Kier alpha value is -2.29. The van der Waals surface area contributed by atoms with Gasteiger partial charge in [0.2, 0.25) is 0 Å². The Bertz CT molecular complexity index is 704. The van der Waals surface area contributed by atoms with Crippen LogP contribution in [0.4, 0.5) is 24.7 Å². The Balaban J connectivity index is 1.95. The van der Waals surface area contributed by atoms with Crippen molar-refractivity contribution in [1.82, 2.24) is 15.2 Å². The van der Waals surface area contributed by atoms with Crippen molar-refractivity contribution in [3.8, 4) is 0 Å². The van der Waals surface area contributed by atoms with Gasteiger partial charge in [0.05, 0.1) is 17.4 Å². The number of alkyl halides is 3. The van der Waals surface area contributed by atoms with E-state index < -0.39 is 17.3 Å². The molecule has 2 rings (SSSR count). The van der Waals surface area contributed by atoms with Gasteiger partial charge in [0, 0.05) is 19.3 Å². The van der Waals surface area contributed by atoms with Gasteiger partial charge in [-0.15, -0.1) is 0 Å². The number of halogens is 4. The van der Waals surface area contributed by atoms with Crippen LogP contribution in [-0.4, -0.2) is 28.3 Å². The van der Waals surface area contributed by atoms with Crippen molar-refractivity contribution in [2.75, 3.05) is 23.7 Å². The van der Waals surface area contributed by atoms with E-state index in [4.69, 9.17) is 11.6 Å². The van der Waals surface area contributed by atoms with Gasteiger partial charge in [-0.3, -0.25) is 4.79 Å². The van der Waals surface area contributed by atoms with Crippen LogP contribution < -0.4 is 16.2 Å². The summed E-state index contributed by atoms with van der Waals surface area (Å²) >= 11 is 5.75. The summed E-state index contributed by atoms with van der Waals surface area (Å²) in [5.41, 5.74) is -1.10. The van der Waals surface area contributed by atoms with Crippen LogP contribution in [0.5, 0.6) is 0 Å². The van der Waals surface area contributed by atoms with Crippen molar-refractivity contribution in [2.45, 2.75) is 6.18 Å². The molecule has 0 aliphatic rings. The standard InChI is InChI=1S/C12H11ClF3N5O/c13-9-8(6-20-21-11(9)22)17-4-5-19-10-7(12(14,15)16)2-1-3-18-10/h1-3,6H,4-5H2,(H,18,19)(H2,17,21,22). The van der Waals surface area contributed by atoms with Gasteiger partial charge in [0.25, 0.3) is 5.56 Å². The fourth-order valence-electron chi connectivity index (χ4n) is 1.66. The van der Waals surface area contributed by atoms with E-state index in [0.717, 1.165) is 6.07 Å². The maximum atomic E-state index is 12.8. The number of aromatic amines is 1. The van der Waals surface area contributed by atoms with Crippen molar-refractivity contribution in [2.24, 2.45) is 0 Å². The third-order valence-corrected chi connectivity index (χ3v) is 3.02. The molecule has 2 aromatic rings. The Morgan fingerprint density at radius 1 is 1.27 bits per heavy atom. The van der Waals surface area contributed by atoms with Crippen molar-refractivity contribution in [3.05, 3.63) is 45.5 Å². The summed E-state index contributed by atoms with van der Waals surface area (Å²) in [7, 11) is 0. The van der Waals surface area contributed by atoms with E-state index in [0.29, 0.717) is 5.69 Å². The van der Waals surface area contributed by atoms with E-state index >= 15 is 0 Å². The Morgan fingerprint density at radius 2 is 2.00 bits per heavy atom. The lowest BCUT2D eigenvalue weighted by Gasteiger charge is -2.13. The molecule has 0 saturated heterocycles. The number of H-pyrrole nitrogens is 1. The summed E-state index contributed by atoms with van der Waals surface area (Å²) < 4.78 is 38.3. The summed E-state index contributed by atoms with van der Waals surface area (Å²) in [5, 5.41) is 11.0. The molecule has 10 heteroatoms. The van der Waals surface area contributed by atoms with Crippen LogP contribution in [0.3, 0.4) is 0 Å². The zero-order chi connectivity index (χ0) is 16.2. The zero-order valence-corrected chi connectivity index (χ0v) is 11.8. The largest absolute Gasteiger partial charge is 0.419 e. The first-order valence-corrected chi connectivity index (χ1v) is 6.50. The quantitative estimate of drug-likeness (QED) is 0.732. The number of rotatable bonds is 5. The van der Waals surface area contributed by atoms with Crippen molar-refractivity contribution in [1.29, 1.82) is 0 Å². The van der Waals surface area contributed by atoms with Gasteiger partial charge >= 0.3 is 6.18 Å². The number of hydrogen-bond donors (Lipinski definition) is 3. The molecule has 2 heterocycles. The van der Waals surface area contributed by atoms with Gasteiger partial charge in [-0.1, -0.05) is 11.6 Å². The second-order valence-corrected chi connectivity index (χ2v) is 4.56. The molecule has 0 radical (unpaired) electrons. The SMILES string of the molecule is O=c1[nH]ncc(NCCNc2ncccc2C(F)(F)F)c1Cl. The zero-order valence-electron chi connectivity index (χ0n) is 11.0. The van der Waals surface area contributed by atoms with Crippen LogP contribution in [0.1, 0.15) is 5.56 Å². The molecule has 3 N–H and O–H groups in total. The molecule has 2 aromatic heterocycles. The smallest absolute Gasteiger partial charge is 0.381 e. The molecule has 0 aliphatic heterocycles. The molecule has 0 spiro atoms. The van der Waals surface area contributed by atoms with Crippen LogP contribution in [0.15, 0.2) is 29.3 Å². The van der Waals surface area contributed by atoms with Crippen LogP contribution >= 0.6 is 11.6 Å². The van der Waals surface area contributed by atoms with E-state index in [2.05, 4.69) is 25.8 Å². The molecule has 0 amide bonds. The lowest BCUT2D eigenvalue weighted by Crippen LogP contribution is -2.19. The lowest BCUT2D eigenvalue weighted by atomic mass is 10.2. The third kappa shape index (κ3) is 3.88. The van der Waals surface area contributed by atoms with Crippen LogP contribution in [0.25, 0.3) is 0 Å². The summed E-state index contributed by atoms with van der Waals surface area (Å²) in [4.78, 5) is 14.9. The average molecular weight is 334 g/mol.